The van der Waals surface area contributed by atoms with Crippen LogP contribution in [0.4, 0.5) is 4.39 Å². The number of nitrogens with zero attached hydrogens (tertiary/aromatic N) is 2. The molecule has 0 amide bonds. The Morgan fingerprint density at radius 3 is 2.57 bits per heavy atom. The summed E-state index contributed by atoms with van der Waals surface area (Å²) in [7, 11) is 1.93. The van der Waals surface area contributed by atoms with Crippen LogP contribution >= 0.6 is 0 Å². The van der Waals surface area contributed by atoms with Crippen LogP contribution < -0.4 is 0 Å². The Hall–Kier alpha value is -2.20. The predicted molar refractivity (Wildman–Crippen MR) is 80.5 cm³/mol. The third-order valence-electron chi connectivity index (χ3n) is 3.71. The summed E-state index contributed by atoms with van der Waals surface area (Å²) in [6.45, 7) is 0. The number of aliphatic hydroxyl groups is 1. The molecule has 108 valence electrons. The molecule has 1 aromatic heterocycles. The lowest BCUT2D eigenvalue weighted by Gasteiger charge is -2.11. The average Bonchev–Trinajstić information content (AvgIpc) is 2.78. The molecule has 1 N–H and O–H groups in total. The Kier molecular flexibility index (Phi) is 3.71. The molecular weight excluding hydrogens is 267 g/mol. The van der Waals surface area contributed by atoms with Crippen LogP contribution in [0.5, 0.6) is 0 Å². The SMILES string of the molecule is Cn1c(CC(O)Cc2ccccc2F)nc2ccccc21. The summed E-state index contributed by atoms with van der Waals surface area (Å²) >= 11 is 0. The van der Waals surface area contributed by atoms with Gasteiger partial charge in [0, 0.05) is 19.9 Å². The van der Waals surface area contributed by atoms with Gasteiger partial charge in [-0.15, -0.1) is 0 Å². The van der Waals surface area contributed by atoms with E-state index < -0.39 is 6.10 Å². The first-order valence-electron chi connectivity index (χ1n) is 6.97. The van der Waals surface area contributed by atoms with Gasteiger partial charge < -0.3 is 9.67 Å². The zero-order chi connectivity index (χ0) is 14.8. The van der Waals surface area contributed by atoms with E-state index in [1.54, 1.807) is 18.2 Å². The number of aryl methyl sites for hydroxylation is 1. The first-order chi connectivity index (χ1) is 10.1. The highest BCUT2D eigenvalue weighted by Crippen LogP contribution is 2.17. The smallest absolute Gasteiger partial charge is 0.126 e. The lowest BCUT2D eigenvalue weighted by Crippen LogP contribution is -2.17. The number of imidazole rings is 1. The number of hydrogen-bond acceptors (Lipinski definition) is 2. The van der Waals surface area contributed by atoms with Crippen LogP contribution in [0.2, 0.25) is 0 Å². The van der Waals surface area contributed by atoms with E-state index in [0.29, 0.717) is 12.0 Å². The van der Waals surface area contributed by atoms with E-state index in [-0.39, 0.29) is 12.2 Å². The van der Waals surface area contributed by atoms with Gasteiger partial charge in [-0.25, -0.2) is 9.37 Å². The molecule has 2 aromatic carbocycles. The molecule has 3 nitrogen and oxygen atoms in total. The fourth-order valence-corrected chi connectivity index (χ4v) is 2.58. The van der Waals surface area contributed by atoms with Crippen LogP contribution in [0, 0.1) is 5.82 Å². The zero-order valence-electron chi connectivity index (χ0n) is 11.8. The average molecular weight is 284 g/mol. The molecule has 0 radical (unpaired) electrons. The Morgan fingerprint density at radius 1 is 1.10 bits per heavy atom. The second-order valence-corrected chi connectivity index (χ2v) is 5.23. The van der Waals surface area contributed by atoms with Gasteiger partial charge in [-0.05, 0) is 23.8 Å². The molecule has 1 unspecified atom stereocenters. The minimum Gasteiger partial charge on any atom is -0.392 e. The summed E-state index contributed by atoms with van der Waals surface area (Å²) in [5.41, 5.74) is 2.47. The highest BCUT2D eigenvalue weighted by atomic mass is 19.1. The van der Waals surface area contributed by atoms with Crippen molar-refractivity contribution in [1.82, 2.24) is 9.55 Å². The van der Waals surface area contributed by atoms with Crippen LogP contribution in [-0.4, -0.2) is 20.8 Å². The Balaban J connectivity index is 1.79. The summed E-state index contributed by atoms with van der Waals surface area (Å²) < 4.78 is 15.6. The van der Waals surface area contributed by atoms with Crippen molar-refractivity contribution in [3.8, 4) is 0 Å². The van der Waals surface area contributed by atoms with Crippen molar-refractivity contribution in [2.45, 2.75) is 18.9 Å². The highest BCUT2D eigenvalue weighted by Gasteiger charge is 2.14. The van der Waals surface area contributed by atoms with Crippen LogP contribution in [0.1, 0.15) is 11.4 Å². The van der Waals surface area contributed by atoms with Crippen molar-refractivity contribution in [3.63, 3.8) is 0 Å². The van der Waals surface area contributed by atoms with E-state index >= 15 is 0 Å². The number of benzene rings is 2. The fourth-order valence-electron chi connectivity index (χ4n) is 2.58. The fraction of sp³-hybridized carbons (Fsp3) is 0.235. The third-order valence-corrected chi connectivity index (χ3v) is 3.71. The van der Waals surface area contributed by atoms with Crippen LogP contribution in [0.15, 0.2) is 48.5 Å². The van der Waals surface area contributed by atoms with E-state index in [4.69, 9.17) is 0 Å². The standard InChI is InChI=1S/C17H17FN2O/c1-20-16-9-5-4-8-15(16)19-17(20)11-13(21)10-12-6-2-3-7-14(12)18/h2-9,13,21H,10-11H2,1H3. The molecule has 1 atom stereocenters. The topological polar surface area (TPSA) is 38.0 Å². The van der Waals surface area contributed by atoms with E-state index in [2.05, 4.69) is 4.98 Å². The quantitative estimate of drug-likeness (QED) is 0.800. The summed E-state index contributed by atoms with van der Waals surface area (Å²) in [6, 6.07) is 14.4. The third kappa shape index (κ3) is 2.81. The second kappa shape index (κ2) is 5.66. The number of aromatic nitrogens is 2. The van der Waals surface area contributed by atoms with Gasteiger partial charge in [0.1, 0.15) is 11.6 Å². The minimum absolute atomic E-state index is 0.276. The number of para-hydroxylation sites is 2. The summed E-state index contributed by atoms with van der Waals surface area (Å²) in [6.07, 6.45) is 0.0347. The lowest BCUT2D eigenvalue weighted by molar-refractivity contribution is 0.171. The molecular formula is C17H17FN2O. The van der Waals surface area contributed by atoms with Crippen LogP contribution in [-0.2, 0) is 19.9 Å². The molecule has 3 aromatic rings. The normalized spacial score (nSPS) is 12.7. The van der Waals surface area contributed by atoms with Gasteiger partial charge in [-0.1, -0.05) is 30.3 Å². The van der Waals surface area contributed by atoms with E-state index in [1.165, 1.54) is 6.07 Å². The maximum absolute atomic E-state index is 13.6. The van der Waals surface area contributed by atoms with Crippen molar-refractivity contribution in [1.29, 1.82) is 0 Å². The van der Waals surface area contributed by atoms with Crippen molar-refractivity contribution in [2.75, 3.05) is 0 Å². The van der Waals surface area contributed by atoms with Gasteiger partial charge in [-0.2, -0.15) is 0 Å². The second-order valence-electron chi connectivity index (χ2n) is 5.23. The molecule has 0 saturated heterocycles. The van der Waals surface area contributed by atoms with Crippen molar-refractivity contribution in [2.24, 2.45) is 7.05 Å². The van der Waals surface area contributed by atoms with E-state index in [0.717, 1.165) is 16.9 Å². The largest absolute Gasteiger partial charge is 0.392 e. The molecule has 21 heavy (non-hydrogen) atoms. The van der Waals surface area contributed by atoms with Gasteiger partial charge in [0.2, 0.25) is 0 Å². The molecule has 0 aliphatic carbocycles. The Bertz CT molecular complexity index is 766. The van der Waals surface area contributed by atoms with Crippen molar-refractivity contribution >= 4 is 11.0 Å². The molecule has 0 fully saturated rings. The van der Waals surface area contributed by atoms with Gasteiger partial charge >= 0.3 is 0 Å². The predicted octanol–water partition coefficient (Wildman–Crippen LogP) is 2.86. The lowest BCUT2D eigenvalue weighted by atomic mass is 10.0. The molecule has 0 aliphatic rings. The molecule has 0 saturated carbocycles. The molecule has 0 aliphatic heterocycles. The maximum atomic E-state index is 13.6. The van der Waals surface area contributed by atoms with Gasteiger partial charge in [0.05, 0.1) is 17.1 Å². The number of fused-ring (bicyclic) bond motifs is 1. The number of hydrogen-bond donors (Lipinski definition) is 1. The van der Waals surface area contributed by atoms with E-state index in [9.17, 15) is 9.50 Å². The Labute approximate surface area is 122 Å². The van der Waals surface area contributed by atoms with Crippen molar-refractivity contribution in [3.05, 3.63) is 65.7 Å². The van der Waals surface area contributed by atoms with Gasteiger partial charge in [0.25, 0.3) is 0 Å². The summed E-state index contributed by atoms with van der Waals surface area (Å²) in [4.78, 5) is 4.53. The number of aliphatic hydroxyl groups excluding tert-OH is 1. The zero-order valence-corrected chi connectivity index (χ0v) is 11.8. The maximum Gasteiger partial charge on any atom is 0.126 e. The molecule has 4 heteroatoms. The molecule has 0 bridgehead atoms. The molecule has 3 rings (SSSR count). The Morgan fingerprint density at radius 2 is 1.81 bits per heavy atom. The van der Waals surface area contributed by atoms with Crippen LogP contribution in [0.25, 0.3) is 11.0 Å². The van der Waals surface area contributed by atoms with Gasteiger partial charge in [0.15, 0.2) is 0 Å². The van der Waals surface area contributed by atoms with Gasteiger partial charge in [-0.3, -0.25) is 0 Å². The number of rotatable bonds is 4. The first kappa shape index (κ1) is 13.8. The minimum atomic E-state index is -0.655. The monoisotopic (exact) mass is 284 g/mol. The molecule has 0 spiro atoms. The summed E-state index contributed by atoms with van der Waals surface area (Å²) in [5.74, 6) is 0.529. The van der Waals surface area contributed by atoms with E-state index in [1.807, 2.05) is 35.9 Å². The van der Waals surface area contributed by atoms with Crippen LogP contribution in [0.3, 0.4) is 0 Å². The van der Waals surface area contributed by atoms with Crippen molar-refractivity contribution < 1.29 is 9.50 Å². The molecule has 1 heterocycles. The highest BCUT2D eigenvalue weighted by molar-refractivity contribution is 5.75. The first-order valence-corrected chi connectivity index (χ1v) is 6.97. The summed E-state index contributed by atoms with van der Waals surface area (Å²) in [5, 5.41) is 10.2. The number of halogens is 1.